The molecule has 0 bridgehead atoms. The molecule has 4 atom stereocenters. The lowest BCUT2D eigenvalue weighted by Gasteiger charge is -2.48. The maximum Gasteiger partial charge on any atom is 0.0499 e. The summed E-state index contributed by atoms with van der Waals surface area (Å²) < 4.78 is 0. The minimum atomic E-state index is 0.366. The highest BCUT2D eigenvalue weighted by molar-refractivity contribution is 5.44. The number of hydrogen-bond acceptors (Lipinski definition) is 1. The number of hydrogen-bond donors (Lipinski definition) is 1. The van der Waals surface area contributed by atoms with Crippen molar-refractivity contribution in [2.45, 2.75) is 64.7 Å². The van der Waals surface area contributed by atoms with Gasteiger partial charge in [-0.1, -0.05) is 25.0 Å². The SMILES string of the molecule is C[C@@]12CCC[C@H]1[C@@H]1CCC3=CCCC(CO)C3=C1CC2. The van der Waals surface area contributed by atoms with Crippen LogP contribution in [0, 0.1) is 23.2 Å². The van der Waals surface area contributed by atoms with Gasteiger partial charge in [0.15, 0.2) is 0 Å². The summed E-state index contributed by atoms with van der Waals surface area (Å²) in [5.74, 6) is 2.26. The van der Waals surface area contributed by atoms with Gasteiger partial charge in [0.1, 0.15) is 0 Å². The topological polar surface area (TPSA) is 20.2 Å². The molecule has 4 rings (SSSR count). The maximum absolute atomic E-state index is 9.80. The summed E-state index contributed by atoms with van der Waals surface area (Å²) in [6, 6.07) is 0. The standard InChI is InChI=1S/C19H28O/c1-19-10-3-6-17(19)15-8-7-13-4-2-5-14(12-20)18(13)16(15)9-11-19/h4,14-15,17,20H,2-3,5-12H2,1H3/t14?,15-,17+,19+/m1/s1. The third kappa shape index (κ3) is 1.78. The van der Waals surface area contributed by atoms with Crippen molar-refractivity contribution in [3.63, 3.8) is 0 Å². The predicted molar refractivity (Wildman–Crippen MR) is 82.3 cm³/mol. The van der Waals surface area contributed by atoms with Gasteiger partial charge in [-0.3, -0.25) is 0 Å². The second-order valence-corrected chi connectivity index (χ2v) is 7.92. The van der Waals surface area contributed by atoms with Crippen LogP contribution in [0.25, 0.3) is 0 Å². The van der Waals surface area contributed by atoms with Crippen LogP contribution in [-0.2, 0) is 0 Å². The van der Waals surface area contributed by atoms with E-state index in [2.05, 4.69) is 13.0 Å². The lowest BCUT2D eigenvalue weighted by atomic mass is 9.57. The first-order chi connectivity index (χ1) is 9.73. The summed E-state index contributed by atoms with van der Waals surface area (Å²) in [7, 11) is 0. The van der Waals surface area contributed by atoms with Crippen LogP contribution in [0.15, 0.2) is 22.8 Å². The van der Waals surface area contributed by atoms with E-state index in [1.54, 1.807) is 16.7 Å². The van der Waals surface area contributed by atoms with E-state index >= 15 is 0 Å². The normalized spacial score (nSPS) is 43.7. The van der Waals surface area contributed by atoms with Gasteiger partial charge in [-0.2, -0.15) is 0 Å². The molecule has 1 heteroatoms. The third-order valence-electron chi connectivity index (χ3n) is 7.01. The fourth-order valence-electron chi connectivity index (χ4n) is 5.99. The summed E-state index contributed by atoms with van der Waals surface area (Å²) in [5, 5.41) is 9.80. The molecule has 0 saturated heterocycles. The smallest absolute Gasteiger partial charge is 0.0499 e. The Morgan fingerprint density at radius 2 is 2.10 bits per heavy atom. The van der Waals surface area contributed by atoms with Gasteiger partial charge in [-0.15, -0.1) is 0 Å². The number of rotatable bonds is 1. The van der Waals surface area contributed by atoms with Gasteiger partial charge in [0.25, 0.3) is 0 Å². The maximum atomic E-state index is 9.80. The molecule has 0 aromatic heterocycles. The molecule has 1 unspecified atom stereocenters. The number of fused-ring (bicyclic) bond motifs is 4. The molecule has 0 radical (unpaired) electrons. The predicted octanol–water partition coefficient (Wildman–Crippen LogP) is 4.62. The molecule has 1 N–H and O–H groups in total. The first-order valence-corrected chi connectivity index (χ1v) is 8.76. The summed E-state index contributed by atoms with van der Waals surface area (Å²) in [6.07, 6.45) is 14.6. The zero-order valence-corrected chi connectivity index (χ0v) is 12.8. The Balaban J connectivity index is 1.77. The molecule has 0 aromatic rings. The zero-order valence-electron chi connectivity index (χ0n) is 12.8. The van der Waals surface area contributed by atoms with Crippen LogP contribution in [0.4, 0.5) is 0 Å². The van der Waals surface area contributed by atoms with E-state index in [0.717, 1.165) is 11.8 Å². The second kappa shape index (κ2) is 4.73. The molecule has 1 nitrogen and oxygen atoms in total. The molecule has 20 heavy (non-hydrogen) atoms. The summed E-state index contributed by atoms with van der Waals surface area (Å²) >= 11 is 0. The van der Waals surface area contributed by atoms with Crippen LogP contribution in [0.5, 0.6) is 0 Å². The number of aliphatic hydroxyl groups is 1. The van der Waals surface area contributed by atoms with E-state index in [4.69, 9.17) is 0 Å². The molecule has 0 aliphatic heterocycles. The minimum Gasteiger partial charge on any atom is -0.396 e. The Kier molecular flexibility index (Phi) is 3.10. The number of aliphatic hydroxyl groups excluding tert-OH is 1. The molecular weight excluding hydrogens is 244 g/mol. The Morgan fingerprint density at radius 1 is 1.20 bits per heavy atom. The largest absolute Gasteiger partial charge is 0.396 e. The fraction of sp³-hybridized carbons (Fsp3) is 0.789. The van der Waals surface area contributed by atoms with Crippen LogP contribution >= 0.6 is 0 Å². The van der Waals surface area contributed by atoms with Gasteiger partial charge in [0.2, 0.25) is 0 Å². The highest BCUT2D eigenvalue weighted by Gasteiger charge is 2.49. The van der Waals surface area contributed by atoms with Crippen molar-refractivity contribution in [1.82, 2.24) is 0 Å². The molecule has 0 aromatic carbocycles. The van der Waals surface area contributed by atoms with Gasteiger partial charge in [-0.25, -0.2) is 0 Å². The van der Waals surface area contributed by atoms with Crippen molar-refractivity contribution in [3.05, 3.63) is 22.8 Å². The van der Waals surface area contributed by atoms with Crippen LogP contribution in [0.3, 0.4) is 0 Å². The molecule has 2 saturated carbocycles. The lowest BCUT2D eigenvalue weighted by Crippen LogP contribution is -2.37. The molecule has 2 fully saturated rings. The number of allylic oxidation sites excluding steroid dienone is 3. The summed E-state index contributed by atoms with van der Waals surface area (Å²) in [6.45, 7) is 2.92. The van der Waals surface area contributed by atoms with Crippen molar-refractivity contribution in [1.29, 1.82) is 0 Å². The summed E-state index contributed by atoms with van der Waals surface area (Å²) in [5.41, 5.74) is 5.66. The summed E-state index contributed by atoms with van der Waals surface area (Å²) in [4.78, 5) is 0. The van der Waals surface area contributed by atoms with Crippen molar-refractivity contribution in [3.8, 4) is 0 Å². The van der Waals surface area contributed by atoms with E-state index < -0.39 is 0 Å². The Bertz CT molecular complexity index is 472. The van der Waals surface area contributed by atoms with Crippen molar-refractivity contribution >= 4 is 0 Å². The molecular formula is C19H28O. The van der Waals surface area contributed by atoms with E-state index in [-0.39, 0.29) is 0 Å². The molecule has 0 amide bonds. The van der Waals surface area contributed by atoms with Gasteiger partial charge >= 0.3 is 0 Å². The Labute approximate surface area is 123 Å². The highest BCUT2D eigenvalue weighted by Crippen LogP contribution is 2.60. The van der Waals surface area contributed by atoms with Gasteiger partial charge in [0, 0.05) is 12.5 Å². The van der Waals surface area contributed by atoms with Gasteiger partial charge in [0.05, 0.1) is 0 Å². The van der Waals surface area contributed by atoms with E-state index in [9.17, 15) is 5.11 Å². The fourth-order valence-corrected chi connectivity index (χ4v) is 5.99. The Hall–Kier alpha value is -0.560. The lowest BCUT2D eigenvalue weighted by molar-refractivity contribution is 0.115. The molecule has 110 valence electrons. The Morgan fingerprint density at radius 3 is 2.95 bits per heavy atom. The molecule has 4 aliphatic rings. The monoisotopic (exact) mass is 272 g/mol. The van der Waals surface area contributed by atoms with E-state index in [1.165, 1.54) is 57.8 Å². The van der Waals surface area contributed by atoms with Crippen molar-refractivity contribution < 1.29 is 5.11 Å². The van der Waals surface area contributed by atoms with Gasteiger partial charge in [-0.05, 0) is 79.8 Å². The first-order valence-electron chi connectivity index (χ1n) is 8.76. The van der Waals surface area contributed by atoms with Gasteiger partial charge < -0.3 is 5.11 Å². The molecule has 0 spiro atoms. The van der Waals surface area contributed by atoms with E-state index in [1.807, 2.05) is 0 Å². The average molecular weight is 272 g/mol. The van der Waals surface area contributed by atoms with Crippen LogP contribution in [0.1, 0.15) is 64.7 Å². The van der Waals surface area contributed by atoms with Crippen LogP contribution in [0.2, 0.25) is 0 Å². The third-order valence-corrected chi connectivity index (χ3v) is 7.01. The highest BCUT2D eigenvalue weighted by atomic mass is 16.3. The average Bonchev–Trinajstić information content (AvgIpc) is 2.88. The quantitative estimate of drug-likeness (QED) is 0.738. The van der Waals surface area contributed by atoms with Crippen LogP contribution < -0.4 is 0 Å². The first kappa shape index (κ1) is 13.1. The van der Waals surface area contributed by atoms with Crippen molar-refractivity contribution in [2.75, 3.05) is 6.61 Å². The zero-order chi connectivity index (χ0) is 13.7. The van der Waals surface area contributed by atoms with Crippen LogP contribution in [-0.4, -0.2) is 11.7 Å². The molecule has 4 aliphatic carbocycles. The second-order valence-electron chi connectivity index (χ2n) is 7.92. The minimum absolute atomic E-state index is 0.366. The molecule has 0 heterocycles. The van der Waals surface area contributed by atoms with E-state index in [0.29, 0.717) is 17.9 Å². The van der Waals surface area contributed by atoms with Crippen molar-refractivity contribution in [2.24, 2.45) is 23.2 Å².